The van der Waals surface area contributed by atoms with E-state index in [2.05, 4.69) is 5.27 Å². The maximum atomic E-state index is 12.8. The van der Waals surface area contributed by atoms with Gasteiger partial charge in [0.15, 0.2) is 5.95 Å². The minimum absolute atomic E-state index is 0.0504. The van der Waals surface area contributed by atoms with Gasteiger partial charge in [0.1, 0.15) is 11.3 Å². The van der Waals surface area contributed by atoms with Crippen LogP contribution >= 0.6 is 0 Å². The van der Waals surface area contributed by atoms with E-state index in [-0.39, 0.29) is 22.5 Å². The topological polar surface area (TPSA) is 111 Å². The third kappa shape index (κ3) is 3.42. The van der Waals surface area contributed by atoms with Gasteiger partial charge in [0.25, 0.3) is 5.69 Å². The first kappa shape index (κ1) is 19.9. The fourth-order valence-corrected chi connectivity index (χ4v) is 3.30. The van der Waals surface area contributed by atoms with Crippen molar-refractivity contribution in [3.63, 3.8) is 0 Å². The van der Waals surface area contributed by atoms with Crippen molar-refractivity contribution in [1.29, 1.82) is 0 Å². The molecule has 0 amide bonds. The van der Waals surface area contributed by atoms with Gasteiger partial charge in [0.2, 0.25) is 5.69 Å². The van der Waals surface area contributed by atoms with E-state index < -0.39 is 17.9 Å². The van der Waals surface area contributed by atoms with Crippen molar-refractivity contribution in [3.05, 3.63) is 78.0 Å². The van der Waals surface area contributed by atoms with Crippen LogP contribution in [0, 0.1) is 0 Å². The lowest BCUT2D eigenvalue weighted by atomic mass is 10.1. The van der Waals surface area contributed by atoms with E-state index in [9.17, 15) is 14.7 Å². The quantitative estimate of drug-likeness (QED) is 0.360. The summed E-state index contributed by atoms with van der Waals surface area (Å²) >= 11 is 0. The molecule has 0 N–H and O–H groups in total. The van der Waals surface area contributed by atoms with Crippen LogP contribution in [0.3, 0.4) is 0 Å². The van der Waals surface area contributed by atoms with E-state index >= 15 is 0 Å². The number of hydrogen-bond acceptors (Lipinski definition) is 7. The maximum Gasteiger partial charge on any atom is 0.341 e. The van der Waals surface area contributed by atoms with E-state index in [1.54, 1.807) is 48.5 Å². The average Bonchev–Trinajstić information content (AvgIpc) is 3.39. The summed E-state index contributed by atoms with van der Waals surface area (Å²) in [6.07, 6.45) is 1.42. The number of ether oxygens (including phenoxy) is 2. The fourth-order valence-electron chi connectivity index (χ4n) is 3.30. The number of rotatable bonds is 5. The van der Waals surface area contributed by atoms with Crippen LogP contribution in [0.5, 0.6) is 5.95 Å². The largest absolute Gasteiger partial charge is 0.539 e. The van der Waals surface area contributed by atoms with Crippen molar-refractivity contribution < 1.29 is 33.4 Å². The molecule has 0 atom stereocenters. The van der Waals surface area contributed by atoms with Gasteiger partial charge >= 0.3 is 11.9 Å². The van der Waals surface area contributed by atoms with E-state index in [1.807, 2.05) is 12.1 Å². The number of esters is 2. The Balaban J connectivity index is 2.11. The maximum absolute atomic E-state index is 12.8. The lowest BCUT2D eigenvalue weighted by Crippen LogP contribution is -2.35. The van der Waals surface area contributed by atoms with Gasteiger partial charge in [-0.05, 0) is 16.8 Å². The molecule has 4 rings (SSSR count). The van der Waals surface area contributed by atoms with Crippen LogP contribution < -0.4 is 9.79 Å². The minimum atomic E-state index is -0.815. The first-order valence-electron chi connectivity index (χ1n) is 9.19. The zero-order valence-corrected chi connectivity index (χ0v) is 16.6. The molecule has 0 saturated carbocycles. The second kappa shape index (κ2) is 8.15. The SMILES string of the molecule is COC(=O)c1cn(-c2ccccc2)c(-c2c([O-])on[n+]2-c2ccccc2)c1C(=O)OC. The van der Waals surface area contributed by atoms with Crippen molar-refractivity contribution in [2.24, 2.45) is 0 Å². The Morgan fingerprint density at radius 1 is 0.968 bits per heavy atom. The molecule has 0 unspecified atom stereocenters. The number of carbonyl (C=O) groups excluding carboxylic acids is 2. The van der Waals surface area contributed by atoms with Crippen LogP contribution in [0.15, 0.2) is 71.4 Å². The molecule has 2 aromatic heterocycles. The summed E-state index contributed by atoms with van der Waals surface area (Å²) in [5.74, 6) is -2.36. The number of hydrogen-bond donors (Lipinski definition) is 0. The lowest BCUT2D eigenvalue weighted by Gasteiger charge is -2.09. The molecule has 2 aromatic carbocycles. The van der Waals surface area contributed by atoms with Crippen LogP contribution in [-0.4, -0.2) is 36.0 Å². The van der Waals surface area contributed by atoms with E-state index in [0.717, 1.165) is 0 Å². The molecule has 9 nitrogen and oxygen atoms in total. The van der Waals surface area contributed by atoms with Gasteiger partial charge in [0, 0.05) is 24.0 Å². The molecule has 156 valence electrons. The number of aromatic nitrogens is 3. The molecule has 0 aliphatic rings. The van der Waals surface area contributed by atoms with Gasteiger partial charge in [0.05, 0.1) is 25.1 Å². The Morgan fingerprint density at radius 2 is 1.58 bits per heavy atom. The van der Waals surface area contributed by atoms with Gasteiger partial charge in [-0.3, -0.25) is 0 Å². The summed E-state index contributed by atoms with van der Waals surface area (Å²) in [7, 11) is 2.38. The van der Waals surface area contributed by atoms with Gasteiger partial charge < -0.3 is 23.7 Å². The Hall–Kier alpha value is -4.40. The van der Waals surface area contributed by atoms with Crippen LogP contribution in [0.25, 0.3) is 22.8 Å². The summed E-state index contributed by atoms with van der Waals surface area (Å²) in [6, 6.07) is 17.7. The van der Waals surface area contributed by atoms with Gasteiger partial charge in [-0.1, -0.05) is 36.4 Å². The highest BCUT2D eigenvalue weighted by molar-refractivity contribution is 6.07. The standard InChI is InChI=1S/C22H17N3O6/c1-29-20(26)16-13-24(14-9-5-3-6-10-14)18(17(16)21(27)30-2)19-22(28)31-23-25(19)15-11-7-4-8-12-15/h3-13H,1-2H3. The van der Waals surface area contributed by atoms with Crippen LogP contribution in [0.1, 0.15) is 20.7 Å². The molecule has 31 heavy (non-hydrogen) atoms. The Bertz CT molecular complexity index is 1250. The zero-order chi connectivity index (χ0) is 22.0. The highest BCUT2D eigenvalue weighted by Gasteiger charge is 2.36. The molecule has 9 heteroatoms. The van der Waals surface area contributed by atoms with Gasteiger partial charge in [-0.25, -0.2) is 9.59 Å². The highest BCUT2D eigenvalue weighted by atomic mass is 16.6. The third-order valence-corrected chi connectivity index (χ3v) is 4.67. The number of nitrogens with zero attached hydrogens (tertiary/aromatic N) is 3. The molecular formula is C22H17N3O6. The predicted octanol–water partition coefficient (Wildman–Crippen LogP) is 2.06. The van der Waals surface area contributed by atoms with Crippen molar-refractivity contribution in [1.82, 2.24) is 9.84 Å². The van der Waals surface area contributed by atoms with Gasteiger partial charge in [-0.2, -0.15) is 0 Å². The van der Waals surface area contributed by atoms with Crippen molar-refractivity contribution in [3.8, 4) is 28.7 Å². The molecule has 4 aromatic rings. The van der Waals surface area contributed by atoms with Crippen LogP contribution in [0.4, 0.5) is 0 Å². The molecule has 0 aliphatic carbocycles. The van der Waals surface area contributed by atoms with Crippen molar-refractivity contribution in [2.45, 2.75) is 0 Å². The van der Waals surface area contributed by atoms with E-state index in [4.69, 9.17) is 14.0 Å². The van der Waals surface area contributed by atoms with Crippen molar-refractivity contribution >= 4 is 11.9 Å². The Labute approximate surface area is 176 Å². The van der Waals surface area contributed by atoms with Crippen LogP contribution in [-0.2, 0) is 9.47 Å². The monoisotopic (exact) mass is 419 g/mol. The number of benzene rings is 2. The lowest BCUT2D eigenvalue weighted by molar-refractivity contribution is -0.660. The van der Waals surface area contributed by atoms with Crippen LogP contribution in [0.2, 0.25) is 0 Å². The second-order valence-electron chi connectivity index (χ2n) is 6.41. The third-order valence-electron chi connectivity index (χ3n) is 4.67. The molecule has 0 bridgehead atoms. The summed E-state index contributed by atoms with van der Waals surface area (Å²) in [5.41, 5.74) is 0.966. The van der Waals surface area contributed by atoms with Gasteiger partial charge in [-0.15, -0.1) is 0 Å². The second-order valence-corrected chi connectivity index (χ2v) is 6.41. The normalized spacial score (nSPS) is 10.6. The smallest absolute Gasteiger partial charge is 0.341 e. The summed E-state index contributed by atoms with van der Waals surface area (Å²) in [4.78, 5) is 25.3. The molecule has 2 heterocycles. The first-order valence-corrected chi connectivity index (χ1v) is 9.19. The molecule has 0 spiro atoms. The average molecular weight is 419 g/mol. The Morgan fingerprint density at radius 3 is 2.19 bits per heavy atom. The summed E-state index contributed by atoms with van der Waals surface area (Å²) < 4.78 is 17.5. The fraction of sp³-hybridized carbons (Fsp3) is 0.0909. The Kier molecular flexibility index (Phi) is 5.23. The summed E-state index contributed by atoms with van der Waals surface area (Å²) in [6.45, 7) is 0. The van der Waals surface area contributed by atoms with Crippen molar-refractivity contribution in [2.75, 3.05) is 14.2 Å². The molecule has 0 saturated heterocycles. The molecule has 0 radical (unpaired) electrons. The predicted molar refractivity (Wildman–Crippen MR) is 105 cm³/mol. The number of methoxy groups -OCH3 is 2. The first-order chi connectivity index (χ1) is 15.1. The minimum Gasteiger partial charge on any atom is -0.539 e. The van der Waals surface area contributed by atoms with E-state index in [0.29, 0.717) is 11.4 Å². The summed E-state index contributed by atoms with van der Waals surface area (Å²) in [5, 5.41) is 16.6. The molecule has 0 fully saturated rings. The number of carbonyl (C=O) groups is 2. The van der Waals surface area contributed by atoms with E-state index in [1.165, 1.54) is 29.7 Å². The zero-order valence-electron chi connectivity index (χ0n) is 16.6. The molecule has 0 aliphatic heterocycles. The highest BCUT2D eigenvalue weighted by Crippen LogP contribution is 2.34. The molecular weight excluding hydrogens is 402 g/mol. The number of para-hydroxylation sites is 2.